The zero-order chi connectivity index (χ0) is 14.5. The second kappa shape index (κ2) is 6.47. The molecule has 0 saturated carbocycles. The van der Waals surface area contributed by atoms with E-state index < -0.39 is 5.97 Å². The van der Waals surface area contributed by atoms with Crippen LogP contribution in [0.3, 0.4) is 0 Å². The van der Waals surface area contributed by atoms with Crippen molar-refractivity contribution in [2.45, 2.75) is 26.3 Å². The van der Waals surface area contributed by atoms with Crippen molar-refractivity contribution in [1.82, 2.24) is 20.2 Å². The molecule has 106 valence electrons. The van der Waals surface area contributed by atoms with Crippen molar-refractivity contribution >= 4 is 17.6 Å². The van der Waals surface area contributed by atoms with E-state index in [0.29, 0.717) is 17.4 Å². The van der Waals surface area contributed by atoms with E-state index in [0.717, 1.165) is 12.0 Å². The van der Waals surface area contributed by atoms with E-state index in [4.69, 9.17) is 16.7 Å². The van der Waals surface area contributed by atoms with Crippen LogP contribution in [0.15, 0.2) is 24.3 Å². The Bertz CT molecular complexity index is 600. The van der Waals surface area contributed by atoms with Crippen LogP contribution >= 0.6 is 11.6 Å². The summed E-state index contributed by atoms with van der Waals surface area (Å²) in [5.41, 5.74) is 0.740. The van der Waals surface area contributed by atoms with Gasteiger partial charge in [-0.1, -0.05) is 37.1 Å². The SMILES string of the molecule is CCC(CC(=O)O)Cn1nnnc1-c1ccccc1Cl. The Hall–Kier alpha value is -1.95. The summed E-state index contributed by atoms with van der Waals surface area (Å²) in [5, 5.41) is 21.0. The number of carboxylic acids is 1. The molecule has 0 aliphatic heterocycles. The van der Waals surface area contributed by atoms with Crippen molar-refractivity contribution < 1.29 is 9.90 Å². The highest BCUT2D eigenvalue weighted by molar-refractivity contribution is 6.33. The lowest BCUT2D eigenvalue weighted by Crippen LogP contribution is -2.16. The number of halogens is 1. The third kappa shape index (κ3) is 3.33. The van der Waals surface area contributed by atoms with Gasteiger partial charge in [-0.15, -0.1) is 5.10 Å². The van der Waals surface area contributed by atoms with Gasteiger partial charge in [-0.2, -0.15) is 0 Å². The molecule has 7 heteroatoms. The normalized spacial score (nSPS) is 12.3. The van der Waals surface area contributed by atoms with Crippen LogP contribution in [0, 0.1) is 5.92 Å². The Balaban J connectivity index is 2.25. The predicted octanol–water partition coefficient (Wildman–Crippen LogP) is 2.49. The molecule has 1 N–H and O–H groups in total. The Morgan fingerprint density at radius 2 is 2.20 bits per heavy atom. The van der Waals surface area contributed by atoms with E-state index in [9.17, 15) is 4.79 Å². The molecule has 1 heterocycles. The summed E-state index contributed by atoms with van der Waals surface area (Å²) >= 11 is 6.14. The minimum Gasteiger partial charge on any atom is -0.481 e. The molecule has 0 aliphatic carbocycles. The Labute approximate surface area is 121 Å². The second-order valence-corrected chi connectivity index (χ2v) is 4.94. The Kier molecular flexibility index (Phi) is 4.68. The number of tetrazole rings is 1. The van der Waals surface area contributed by atoms with E-state index in [2.05, 4.69) is 15.5 Å². The van der Waals surface area contributed by atoms with Gasteiger partial charge < -0.3 is 5.11 Å². The first kappa shape index (κ1) is 14.5. The molecule has 1 atom stereocenters. The maximum absolute atomic E-state index is 10.8. The molecule has 0 bridgehead atoms. The van der Waals surface area contributed by atoms with Crippen LogP contribution in [-0.2, 0) is 11.3 Å². The maximum atomic E-state index is 10.8. The van der Waals surface area contributed by atoms with Crippen LogP contribution in [0.2, 0.25) is 5.02 Å². The molecule has 1 aromatic carbocycles. The number of hydrogen-bond donors (Lipinski definition) is 1. The summed E-state index contributed by atoms with van der Waals surface area (Å²) < 4.78 is 1.61. The third-order valence-electron chi connectivity index (χ3n) is 3.12. The zero-order valence-corrected chi connectivity index (χ0v) is 11.8. The first-order valence-electron chi connectivity index (χ1n) is 6.34. The summed E-state index contributed by atoms with van der Waals surface area (Å²) in [6, 6.07) is 7.29. The minimum absolute atomic E-state index is 0.0164. The monoisotopic (exact) mass is 294 g/mol. The second-order valence-electron chi connectivity index (χ2n) is 4.54. The molecular weight excluding hydrogens is 280 g/mol. The van der Waals surface area contributed by atoms with Crippen LogP contribution < -0.4 is 0 Å². The molecule has 0 aliphatic rings. The summed E-state index contributed by atoms with van der Waals surface area (Å²) in [4.78, 5) is 10.8. The largest absolute Gasteiger partial charge is 0.481 e. The van der Waals surface area contributed by atoms with Gasteiger partial charge in [0.05, 0.1) is 5.02 Å². The average molecular weight is 295 g/mol. The number of benzene rings is 1. The van der Waals surface area contributed by atoms with Gasteiger partial charge in [0.2, 0.25) is 0 Å². The fraction of sp³-hybridized carbons (Fsp3) is 0.385. The highest BCUT2D eigenvalue weighted by Crippen LogP contribution is 2.26. The number of aliphatic carboxylic acids is 1. The maximum Gasteiger partial charge on any atom is 0.303 e. The topological polar surface area (TPSA) is 80.9 Å². The lowest BCUT2D eigenvalue weighted by atomic mass is 10.0. The molecule has 0 amide bonds. The molecular formula is C13H15ClN4O2. The number of nitrogens with zero attached hydrogens (tertiary/aromatic N) is 4. The van der Waals surface area contributed by atoms with Crippen LogP contribution in [0.25, 0.3) is 11.4 Å². The molecule has 2 rings (SSSR count). The van der Waals surface area contributed by atoms with Crippen LogP contribution in [-0.4, -0.2) is 31.3 Å². The molecule has 1 aromatic heterocycles. The van der Waals surface area contributed by atoms with E-state index in [1.165, 1.54) is 0 Å². The molecule has 1 unspecified atom stereocenters. The first-order valence-corrected chi connectivity index (χ1v) is 6.72. The summed E-state index contributed by atoms with van der Waals surface area (Å²) in [6.45, 7) is 2.41. The van der Waals surface area contributed by atoms with Crippen LogP contribution in [0.1, 0.15) is 19.8 Å². The average Bonchev–Trinajstić information content (AvgIpc) is 2.86. The van der Waals surface area contributed by atoms with Crippen molar-refractivity contribution in [2.75, 3.05) is 0 Å². The van der Waals surface area contributed by atoms with Gasteiger partial charge in [0.1, 0.15) is 0 Å². The molecule has 2 aromatic rings. The summed E-state index contributed by atoms with van der Waals surface area (Å²) in [7, 11) is 0. The highest BCUT2D eigenvalue weighted by atomic mass is 35.5. The number of hydrogen-bond acceptors (Lipinski definition) is 4. The number of carboxylic acid groups (broad SMARTS) is 1. The fourth-order valence-electron chi connectivity index (χ4n) is 1.99. The van der Waals surface area contributed by atoms with E-state index >= 15 is 0 Å². The molecule has 20 heavy (non-hydrogen) atoms. The first-order chi connectivity index (χ1) is 9.61. The van der Waals surface area contributed by atoms with Crippen molar-refractivity contribution in [3.63, 3.8) is 0 Å². The highest BCUT2D eigenvalue weighted by Gasteiger charge is 2.17. The van der Waals surface area contributed by atoms with Gasteiger partial charge in [0, 0.05) is 18.5 Å². The fourth-order valence-corrected chi connectivity index (χ4v) is 2.21. The van der Waals surface area contributed by atoms with Gasteiger partial charge in [-0.3, -0.25) is 4.79 Å². The van der Waals surface area contributed by atoms with Crippen molar-refractivity contribution in [2.24, 2.45) is 5.92 Å². The number of carbonyl (C=O) groups is 1. The standard InChI is InChI=1S/C13H15ClN4O2/c1-2-9(7-12(19)20)8-18-13(15-16-17-18)10-5-3-4-6-11(10)14/h3-6,9H,2,7-8H2,1H3,(H,19,20). The Morgan fingerprint density at radius 1 is 1.45 bits per heavy atom. The third-order valence-corrected chi connectivity index (χ3v) is 3.45. The number of aromatic nitrogens is 4. The quantitative estimate of drug-likeness (QED) is 0.885. The van der Waals surface area contributed by atoms with Crippen molar-refractivity contribution in [3.8, 4) is 11.4 Å². The zero-order valence-electron chi connectivity index (χ0n) is 11.0. The van der Waals surface area contributed by atoms with Crippen molar-refractivity contribution in [3.05, 3.63) is 29.3 Å². The van der Waals surface area contributed by atoms with E-state index in [-0.39, 0.29) is 12.3 Å². The lowest BCUT2D eigenvalue weighted by Gasteiger charge is -2.13. The summed E-state index contributed by atoms with van der Waals surface area (Å²) in [5.74, 6) is -0.277. The number of rotatable bonds is 6. The smallest absolute Gasteiger partial charge is 0.303 e. The van der Waals surface area contributed by atoms with Gasteiger partial charge in [-0.05, 0) is 28.5 Å². The van der Waals surface area contributed by atoms with Crippen LogP contribution in [0.5, 0.6) is 0 Å². The molecule has 0 spiro atoms. The minimum atomic E-state index is -0.816. The molecule has 0 fully saturated rings. The van der Waals surface area contributed by atoms with Gasteiger partial charge in [0.15, 0.2) is 5.82 Å². The lowest BCUT2D eigenvalue weighted by molar-refractivity contribution is -0.138. The van der Waals surface area contributed by atoms with Gasteiger partial charge >= 0.3 is 5.97 Å². The summed E-state index contributed by atoms with van der Waals surface area (Å²) in [6.07, 6.45) is 0.840. The van der Waals surface area contributed by atoms with Gasteiger partial charge in [0.25, 0.3) is 0 Å². The molecule has 0 radical (unpaired) electrons. The van der Waals surface area contributed by atoms with E-state index in [1.807, 2.05) is 25.1 Å². The van der Waals surface area contributed by atoms with Crippen LogP contribution in [0.4, 0.5) is 0 Å². The molecule has 0 saturated heterocycles. The molecule has 6 nitrogen and oxygen atoms in total. The Morgan fingerprint density at radius 3 is 2.85 bits per heavy atom. The van der Waals surface area contributed by atoms with Crippen molar-refractivity contribution in [1.29, 1.82) is 0 Å². The van der Waals surface area contributed by atoms with Gasteiger partial charge in [-0.25, -0.2) is 4.68 Å². The van der Waals surface area contributed by atoms with E-state index in [1.54, 1.807) is 10.7 Å². The predicted molar refractivity (Wildman–Crippen MR) is 74.3 cm³/mol.